The Morgan fingerprint density at radius 1 is 1.17 bits per heavy atom. The number of hydrogen-bond acceptors (Lipinski definition) is 4. The molecule has 128 valence electrons. The van der Waals surface area contributed by atoms with E-state index in [9.17, 15) is 13.2 Å². The second kappa shape index (κ2) is 5.62. The number of carbonyl (C=O) groups excluding carboxylic acids is 1. The number of benzene rings is 1. The van der Waals surface area contributed by atoms with Crippen molar-refractivity contribution in [2.45, 2.75) is 37.2 Å². The lowest BCUT2D eigenvalue weighted by Crippen LogP contribution is -2.38. The summed E-state index contributed by atoms with van der Waals surface area (Å²) in [6, 6.07) is 6.36. The van der Waals surface area contributed by atoms with Crippen molar-refractivity contribution >= 4 is 16.1 Å². The predicted octanol–water partition coefficient (Wildman–Crippen LogP) is 3.01. The number of amides is 1. The lowest BCUT2D eigenvalue weighted by molar-refractivity contribution is 0.0454. The van der Waals surface area contributed by atoms with Crippen molar-refractivity contribution in [2.24, 2.45) is 23.7 Å². The van der Waals surface area contributed by atoms with Gasteiger partial charge in [-0.1, -0.05) is 29.8 Å². The molecular weight excluding hydrogens is 326 g/mol. The molecule has 5 atom stereocenters. The molecule has 2 bridgehead atoms. The van der Waals surface area contributed by atoms with Crippen LogP contribution in [-0.4, -0.2) is 20.6 Å². The van der Waals surface area contributed by atoms with Crippen molar-refractivity contribution in [3.8, 4) is 0 Å². The van der Waals surface area contributed by atoms with Gasteiger partial charge < -0.3 is 4.74 Å². The zero-order valence-corrected chi connectivity index (χ0v) is 14.3. The maximum absolute atomic E-state index is 12.2. The van der Waals surface area contributed by atoms with E-state index in [0.29, 0.717) is 23.7 Å². The fraction of sp³-hybridized carbons (Fsp3) is 0.500. The van der Waals surface area contributed by atoms with Crippen LogP contribution in [0.2, 0.25) is 0 Å². The highest BCUT2D eigenvalue weighted by Gasteiger charge is 2.53. The van der Waals surface area contributed by atoms with Crippen LogP contribution in [0.25, 0.3) is 0 Å². The third-order valence-electron chi connectivity index (χ3n) is 5.76. The second-order valence-corrected chi connectivity index (χ2v) is 8.85. The van der Waals surface area contributed by atoms with E-state index in [-0.39, 0.29) is 11.0 Å². The number of hydrogen-bond donors (Lipinski definition) is 1. The molecule has 3 aliphatic carbocycles. The minimum absolute atomic E-state index is 0.0665. The van der Waals surface area contributed by atoms with Crippen LogP contribution in [0.4, 0.5) is 4.79 Å². The summed E-state index contributed by atoms with van der Waals surface area (Å²) >= 11 is 0. The third-order valence-corrected chi connectivity index (χ3v) is 7.08. The molecule has 1 N–H and O–H groups in total. The Hall–Kier alpha value is -1.82. The van der Waals surface area contributed by atoms with E-state index >= 15 is 0 Å². The van der Waals surface area contributed by atoms with E-state index < -0.39 is 16.1 Å². The summed E-state index contributed by atoms with van der Waals surface area (Å²) in [4.78, 5) is 12.2. The molecule has 0 saturated heterocycles. The number of sulfonamides is 1. The molecule has 1 aromatic rings. The smallest absolute Gasteiger partial charge is 0.421 e. The number of fused-ring (bicyclic) bond motifs is 5. The van der Waals surface area contributed by atoms with Crippen LogP contribution in [0, 0.1) is 30.6 Å². The molecule has 0 radical (unpaired) electrons. The molecule has 5 nitrogen and oxygen atoms in total. The highest BCUT2D eigenvalue weighted by atomic mass is 32.2. The summed E-state index contributed by atoms with van der Waals surface area (Å²) in [5, 5.41) is 0. The first-order chi connectivity index (χ1) is 11.4. The number of nitrogens with one attached hydrogen (secondary N) is 1. The Morgan fingerprint density at radius 3 is 2.67 bits per heavy atom. The molecule has 1 amide bonds. The molecule has 6 heteroatoms. The van der Waals surface area contributed by atoms with E-state index in [1.54, 1.807) is 12.1 Å². The lowest BCUT2D eigenvalue weighted by atomic mass is 9.80. The van der Waals surface area contributed by atoms with Gasteiger partial charge in [0.15, 0.2) is 0 Å². The van der Waals surface area contributed by atoms with Crippen LogP contribution in [0.3, 0.4) is 0 Å². The van der Waals surface area contributed by atoms with Gasteiger partial charge in [0, 0.05) is 5.92 Å². The zero-order chi connectivity index (χ0) is 16.9. The maximum Gasteiger partial charge on any atom is 0.421 e. The van der Waals surface area contributed by atoms with Gasteiger partial charge in [0.05, 0.1) is 4.90 Å². The van der Waals surface area contributed by atoms with Crippen LogP contribution in [-0.2, 0) is 14.8 Å². The molecule has 3 aliphatic rings. The SMILES string of the molecule is Cc1ccc(S(=O)(=O)NC(=O)O[C@@H]2C[C@H]3C[C@H]2[C@H]2C=CC[C@@H]32)cc1. The standard InChI is InChI=1S/C18H21NO4S/c1-11-5-7-13(8-6-11)24(21,22)19-18(20)23-17-10-12-9-16(17)15-4-2-3-14(12)15/h2,4-8,12,14-17H,3,9-10H2,1H3,(H,19,20)/t12-,14+,15+,16+,17-/m1/s1. The summed E-state index contributed by atoms with van der Waals surface area (Å²) < 4.78 is 32.0. The molecule has 1 aromatic carbocycles. The maximum atomic E-state index is 12.2. The average molecular weight is 347 g/mol. The van der Waals surface area contributed by atoms with Crippen LogP contribution < -0.4 is 4.72 Å². The molecule has 0 unspecified atom stereocenters. The van der Waals surface area contributed by atoms with Gasteiger partial charge in [-0.15, -0.1) is 0 Å². The van der Waals surface area contributed by atoms with Crippen LogP contribution in [0.5, 0.6) is 0 Å². The summed E-state index contributed by atoms with van der Waals surface area (Å²) in [5.41, 5.74) is 0.956. The van der Waals surface area contributed by atoms with Crippen molar-refractivity contribution in [3.05, 3.63) is 42.0 Å². The molecule has 0 heterocycles. The monoisotopic (exact) mass is 347 g/mol. The van der Waals surface area contributed by atoms with Gasteiger partial charge in [0.2, 0.25) is 0 Å². The number of aryl methyl sites for hydroxylation is 1. The number of rotatable bonds is 3. The van der Waals surface area contributed by atoms with Gasteiger partial charge in [0.25, 0.3) is 10.0 Å². The molecule has 24 heavy (non-hydrogen) atoms. The van der Waals surface area contributed by atoms with Crippen molar-refractivity contribution < 1.29 is 17.9 Å². The second-order valence-electron chi connectivity index (χ2n) is 7.16. The summed E-state index contributed by atoms with van der Waals surface area (Å²) in [6.07, 6.45) is 6.49. The summed E-state index contributed by atoms with van der Waals surface area (Å²) in [5.74, 6) is 2.14. The highest BCUT2D eigenvalue weighted by Crippen LogP contribution is 2.57. The number of allylic oxidation sites excluding steroid dienone is 2. The average Bonchev–Trinajstić information content (AvgIpc) is 3.19. The van der Waals surface area contributed by atoms with E-state index in [2.05, 4.69) is 12.2 Å². The summed E-state index contributed by atoms with van der Waals surface area (Å²) in [6.45, 7) is 1.87. The quantitative estimate of drug-likeness (QED) is 0.853. The molecule has 0 aromatic heterocycles. The first-order valence-corrected chi connectivity index (χ1v) is 9.89. The van der Waals surface area contributed by atoms with Crippen LogP contribution in [0.15, 0.2) is 41.3 Å². The molecule has 4 rings (SSSR count). The largest absolute Gasteiger partial charge is 0.445 e. The molecule has 2 fully saturated rings. The third kappa shape index (κ3) is 2.62. The first kappa shape index (κ1) is 15.7. The first-order valence-electron chi connectivity index (χ1n) is 8.41. The molecule has 2 saturated carbocycles. The molecule has 0 spiro atoms. The normalized spacial score (nSPS) is 33.5. The van der Waals surface area contributed by atoms with E-state index in [1.165, 1.54) is 12.1 Å². The highest BCUT2D eigenvalue weighted by molar-refractivity contribution is 7.90. The Bertz CT molecular complexity index is 784. The van der Waals surface area contributed by atoms with Gasteiger partial charge >= 0.3 is 6.09 Å². The van der Waals surface area contributed by atoms with Crippen molar-refractivity contribution in [1.82, 2.24) is 4.72 Å². The lowest BCUT2D eigenvalue weighted by Gasteiger charge is -2.30. The Morgan fingerprint density at radius 2 is 1.92 bits per heavy atom. The topological polar surface area (TPSA) is 72.5 Å². The van der Waals surface area contributed by atoms with E-state index in [1.807, 2.05) is 11.6 Å². The Labute approximate surface area is 142 Å². The number of ether oxygens (including phenoxy) is 1. The van der Waals surface area contributed by atoms with Crippen LogP contribution >= 0.6 is 0 Å². The van der Waals surface area contributed by atoms with Gasteiger partial charge in [-0.05, 0) is 56.1 Å². The zero-order valence-electron chi connectivity index (χ0n) is 13.5. The van der Waals surface area contributed by atoms with Crippen molar-refractivity contribution in [2.75, 3.05) is 0 Å². The Kier molecular flexibility index (Phi) is 3.67. The van der Waals surface area contributed by atoms with Gasteiger partial charge in [-0.2, -0.15) is 0 Å². The molecular formula is C18H21NO4S. The van der Waals surface area contributed by atoms with Gasteiger partial charge in [-0.25, -0.2) is 17.9 Å². The van der Waals surface area contributed by atoms with Crippen molar-refractivity contribution in [3.63, 3.8) is 0 Å². The minimum atomic E-state index is -3.89. The molecule has 0 aliphatic heterocycles. The Balaban J connectivity index is 1.40. The van der Waals surface area contributed by atoms with Crippen molar-refractivity contribution in [1.29, 1.82) is 0 Å². The fourth-order valence-corrected chi connectivity index (χ4v) is 5.55. The summed E-state index contributed by atoms with van der Waals surface area (Å²) in [7, 11) is -3.89. The fourth-order valence-electron chi connectivity index (χ4n) is 4.67. The van der Waals surface area contributed by atoms with Gasteiger partial charge in [-0.3, -0.25) is 0 Å². The van der Waals surface area contributed by atoms with Gasteiger partial charge in [0.1, 0.15) is 6.10 Å². The van der Waals surface area contributed by atoms with E-state index in [0.717, 1.165) is 24.8 Å². The minimum Gasteiger partial charge on any atom is -0.445 e. The van der Waals surface area contributed by atoms with Crippen LogP contribution in [0.1, 0.15) is 24.8 Å². The predicted molar refractivity (Wildman–Crippen MR) is 88.7 cm³/mol. The number of carbonyl (C=O) groups is 1. The van der Waals surface area contributed by atoms with E-state index in [4.69, 9.17) is 4.74 Å².